The van der Waals surface area contributed by atoms with Crippen LogP contribution in [-0.4, -0.2) is 31.4 Å². The smallest absolute Gasteiger partial charge is 0.271 e. The summed E-state index contributed by atoms with van der Waals surface area (Å²) in [5.41, 5.74) is 4.65. The van der Waals surface area contributed by atoms with Gasteiger partial charge in [-0.05, 0) is 63.1 Å². The molecule has 0 unspecified atom stereocenters. The third-order valence-electron chi connectivity index (χ3n) is 5.55. The summed E-state index contributed by atoms with van der Waals surface area (Å²) in [5, 5.41) is 12.8. The van der Waals surface area contributed by atoms with E-state index in [1.807, 2.05) is 24.4 Å². The van der Waals surface area contributed by atoms with Crippen molar-refractivity contribution in [3.05, 3.63) is 66.2 Å². The first-order valence-electron chi connectivity index (χ1n) is 10.6. The molecule has 1 aliphatic carbocycles. The van der Waals surface area contributed by atoms with E-state index in [1.54, 1.807) is 32.2 Å². The van der Waals surface area contributed by atoms with Gasteiger partial charge < -0.3 is 10.3 Å². The quantitative estimate of drug-likeness (QED) is 0.489. The fourth-order valence-corrected chi connectivity index (χ4v) is 3.59. The molecule has 7 nitrogen and oxygen atoms in total. The maximum atomic E-state index is 12.5. The third-order valence-corrected chi connectivity index (χ3v) is 5.55. The fourth-order valence-electron chi connectivity index (χ4n) is 3.59. The molecule has 0 atom stereocenters. The number of hydrogen-bond donors (Lipinski definition) is 2. The number of nitriles is 1. The summed E-state index contributed by atoms with van der Waals surface area (Å²) in [7, 11) is 0. The number of rotatable bonds is 5. The van der Waals surface area contributed by atoms with Gasteiger partial charge in [0.15, 0.2) is 0 Å². The van der Waals surface area contributed by atoms with Gasteiger partial charge in [0.25, 0.3) is 5.91 Å². The maximum Gasteiger partial charge on any atom is 0.271 e. The van der Waals surface area contributed by atoms with Crippen LogP contribution in [0.5, 0.6) is 0 Å². The van der Waals surface area contributed by atoms with E-state index < -0.39 is 11.4 Å². The molecule has 4 heterocycles. The normalized spacial score (nSPS) is 13.7. The summed E-state index contributed by atoms with van der Waals surface area (Å²) in [6, 6.07) is 15.5. The third kappa shape index (κ3) is 3.95. The van der Waals surface area contributed by atoms with Gasteiger partial charge in [-0.25, -0.2) is 9.97 Å². The molecule has 0 bridgehead atoms. The Kier molecular flexibility index (Phi) is 4.71. The molecule has 1 saturated carbocycles. The summed E-state index contributed by atoms with van der Waals surface area (Å²) in [5.74, 6) is 0.242. The molecular weight excluding hydrogens is 400 g/mol. The highest BCUT2D eigenvalue weighted by atomic mass is 16.2. The minimum atomic E-state index is -0.970. The standard InChI is InChI=1S/C25H22N6O/c1-25(2,14-26)31-24(32)21-5-3-4-20(29-21)18-10-17-11-22(30-23(17)28-13-18)16-8-9-19(27-12-16)15-6-7-15/h3-5,8-13,15H,6-7H2,1-2H3,(H,28,30)(H,31,32). The number of H-pyrrole nitrogens is 1. The van der Waals surface area contributed by atoms with Crippen LogP contribution >= 0.6 is 0 Å². The Bertz CT molecular complexity index is 1360. The van der Waals surface area contributed by atoms with Crippen molar-refractivity contribution in [1.29, 1.82) is 5.26 Å². The van der Waals surface area contributed by atoms with Crippen LogP contribution in [0.4, 0.5) is 0 Å². The van der Waals surface area contributed by atoms with Gasteiger partial charge in [0.05, 0.1) is 11.8 Å². The highest BCUT2D eigenvalue weighted by Gasteiger charge is 2.24. The van der Waals surface area contributed by atoms with Gasteiger partial charge in [-0.1, -0.05) is 6.07 Å². The lowest BCUT2D eigenvalue weighted by Gasteiger charge is -2.17. The van der Waals surface area contributed by atoms with Crippen LogP contribution in [0, 0.1) is 11.3 Å². The van der Waals surface area contributed by atoms with Crippen molar-refractivity contribution in [2.24, 2.45) is 0 Å². The minimum absolute atomic E-state index is 0.252. The van der Waals surface area contributed by atoms with E-state index in [-0.39, 0.29) is 5.69 Å². The summed E-state index contributed by atoms with van der Waals surface area (Å²) in [6.07, 6.45) is 6.11. The van der Waals surface area contributed by atoms with E-state index in [4.69, 9.17) is 5.26 Å². The van der Waals surface area contributed by atoms with E-state index in [9.17, 15) is 4.79 Å². The number of hydrogen-bond acceptors (Lipinski definition) is 5. The van der Waals surface area contributed by atoms with Crippen molar-refractivity contribution < 1.29 is 4.79 Å². The highest BCUT2D eigenvalue weighted by molar-refractivity contribution is 5.94. The summed E-state index contributed by atoms with van der Waals surface area (Å²) in [6.45, 7) is 3.29. The van der Waals surface area contributed by atoms with Gasteiger partial charge in [-0.15, -0.1) is 0 Å². The Labute approximate surface area is 185 Å². The molecule has 2 N–H and O–H groups in total. The lowest BCUT2D eigenvalue weighted by atomic mass is 10.1. The van der Waals surface area contributed by atoms with Crippen molar-refractivity contribution in [3.63, 3.8) is 0 Å². The van der Waals surface area contributed by atoms with E-state index in [0.717, 1.165) is 27.9 Å². The van der Waals surface area contributed by atoms with Crippen LogP contribution in [0.2, 0.25) is 0 Å². The van der Waals surface area contributed by atoms with Gasteiger partial charge in [0.2, 0.25) is 0 Å². The number of carbonyl (C=O) groups excluding carboxylic acids is 1. The van der Waals surface area contributed by atoms with Crippen molar-refractivity contribution >= 4 is 16.9 Å². The zero-order valence-electron chi connectivity index (χ0n) is 17.9. The number of aromatic amines is 1. The van der Waals surface area contributed by atoms with Gasteiger partial charge in [-0.2, -0.15) is 5.26 Å². The average Bonchev–Trinajstić information content (AvgIpc) is 3.57. The Morgan fingerprint density at radius 1 is 1.12 bits per heavy atom. The molecule has 1 amide bonds. The van der Waals surface area contributed by atoms with Crippen LogP contribution < -0.4 is 5.32 Å². The molecule has 0 spiro atoms. The molecule has 0 radical (unpaired) electrons. The molecule has 32 heavy (non-hydrogen) atoms. The molecule has 1 aliphatic rings. The summed E-state index contributed by atoms with van der Waals surface area (Å²) >= 11 is 0. The predicted octanol–water partition coefficient (Wildman–Crippen LogP) is 4.60. The van der Waals surface area contributed by atoms with E-state index in [2.05, 4.69) is 43.5 Å². The molecule has 0 saturated heterocycles. The second-order valence-corrected chi connectivity index (χ2v) is 8.69. The van der Waals surface area contributed by atoms with E-state index >= 15 is 0 Å². The lowest BCUT2D eigenvalue weighted by Crippen LogP contribution is -2.42. The number of aromatic nitrogens is 4. The number of nitrogens with one attached hydrogen (secondary N) is 2. The van der Waals surface area contributed by atoms with Gasteiger partial charge in [-0.3, -0.25) is 9.78 Å². The monoisotopic (exact) mass is 422 g/mol. The first-order valence-corrected chi connectivity index (χ1v) is 10.6. The second kappa shape index (κ2) is 7.57. The Hall–Kier alpha value is -4.05. The van der Waals surface area contributed by atoms with Crippen molar-refractivity contribution in [2.75, 3.05) is 0 Å². The van der Waals surface area contributed by atoms with Crippen LogP contribution in [0.25, 0.3) is 33.5 Å². The zero-order valence-corrected chi connectivity index (χ0v) is 17.9. The Morgan fingerprint density at radius 3 is 2.66 bits per heavy atom. The summed E-state index contributed by atoms with van der Waals surface area (Å²) < 4.78 is 0. The number of pyridine rings is 3. The molecule has 0 aromatic carbocycles. The molecule has 4 aromatic heterocycles. The van der Waals surface area contributed by atoms with Gasteiger partial charge in [0, 0.05) is 46.2 Å². The first kappa shape index (κ1) is 19.9. The van der Waals surface area contributed by atoms with Gasteiger partial charge in [0.1, 0.15) is 16.9 Å². The largest absolute Gasteiger partial charge is 0.339 e. The fraction of sp³-hybridized carbons (Fsp3) is 0.240. The number of fused-ring (bicyclic) bond motifs is 1. The van der Waals surface area contributed by atoms with E-state index in [1.165, 1.54) is 18.5 Å². The van der Waals surface area contributed by atoms with Crippen LogP contribution in [0.15, 0.2) is 54.9 Å². The number of amides is 1. The zero-order chi connectivity index (χ0) is 22.3. The number of carbonyl (C=O) groups is 1. The second-order valence-electron chi connectivity index (χ2n) is 8.69. The van der Waals surface area contributed by atoms with Crippen LogP contribution in [-0.2, 0) is 0 Å². The first-order chi connectivity index (χ1) is 15.4. The average molecular weight is 422 g/mol. The van der Waals surface area contributed by atoms with Crippen molar-refractivity contribution in [2.45, 2.75) is 38.1 Å². The van der Waals surface area contributed by atoms with E-state index in [0.29, 0.717) is 11.6 Å². The highest BCUT2D eigenvalue weighted by Crippen LogP contribution is 2.39. The molecule has 1 fully saturated rings. The van der Waals surface area contributed by atoms with Crippen molar-refractivity contribution in [1.82, 2.24) is 25.3 Å². The van der Waals surface area contributed by atoms with Crippen LogP contribution in [0.1, 0.15) is 48.8 Å². The summed E-state index contributed by atoms with van der Waals surface area (Å²) in [4.78, 5) is 29.5. The van der Waals surface area contributed by atoms with Crippen molar-refractivity contribution in [3.8, 4) is 28.6 Å². The van der Waals surface area contributed by atoms with Gasteiger partial charge >= 0.3 is 0 Å². The molecule has 7 heteroatoms. The Balaban J connectivity index is 1.42. The molecule has 5 rings (SSSR count). The topological polar surface area (TPSA) is 107 Å². The van der Waals surface area contributed by atoms with Crippen LogP contribution in [0.3, 0.4) is 0 Å². The number of nitrogens with zero attached hydrogens (tertiary/aromatic N) is 4. The molecule has 158 valence electrons. The predicted molar refractivity (Wildman–Crippen MR) is 122 cm³/mol. The molecular formula is C25H22N6O. The molecule has 0 aliphatic heterocycles. The molecule has 4 aromatic rings. The SMILES string of the molecule is CC(C)(C#N)NC(=O)c1cccc(-c2cnc3[nH]c(-c4ccc(C5CC5)nc4)cc3c2)n1. The maximum absolute atomic E-state index is 12.5. The Morgan fingerprint density at radius 2 is 1.94 bits per heavy atom. The lowest BCUT2D eigenvalue weighted by molar-refractivity contribution is 0.0924. The minimum Gasteiger partial charge on any atom is -0.339 e.